The summed E-state index contributed by atoms with van der Waals surface area (Å²) >= 11 is 0. The second-order valence-electron chi connectivity index (χ2n) is 6.40. The van der Waals surface area contributed by atoms with E-state index in [0.717, 1.165) is 5.56 Å². The molecule has 1 unspecified atom stereocenters. The number of carbonyl (C=O) groups excluding carboxylic acids is 1. The lowest BCUT2D eigenvalue weighted by Gasteiger charge is -2.15. The zero-order valence-corrected chi connectivity index (χ0v) is 15.7. The maximum Gasteiger partial charge on any atom is 0.258 e. The van der Waals surface area contributed by atoms with Gasteiger partial charge in [-0.2, -0.15) is 0 Å². The third kappa shape index (κ3) is 5.77. The minimum absolute atomic E-state index is 0.0803. The highest BCUT2D eigenvalue weighted by molar-refractivity contribution is 5.77. The molecule has 0 aliphatic heterocycles. The van der Waals surface area contributed by atoms with Crippen LogP contribution in [0.5, 0.6) is 11.5 Å². The van der Waals surface area contributed by atoms with E-state index in [1.165, 1.54) is 5.56 Å². The molecule has 2 aromatic carbocycles. The topological polar surface area (TPSA) is 73.6 Å². The highest BCUT2D eigenvalue weighted by Crippen LogP contribution is 2.26. The van der Waals surface area contributed by atoms with Crippen LogP contribution in [0.4, 0.5) is 0 Å². The number of amides is 1. The maximum atomic E-state index is 12.0. The minimum atomic E-state index is -0.254. The van der Waals surface area contributed by atoms with Crippen LogP contribution in [0.3, 0.4) is 0 Å². The minimum Gasteiger partial charge on any atom is -0.490 e. The Hall–Kier alpha value is -2.53. The predicted octanol–water partition coefficient (Wildman–Crippen LogP) is 3.40. The summed E-state index contributed by atoms with van der Waals surface area (Å²) in [5.41, 5.74) is 8.43. The largest absolute Gasteiger partial charge is 0.490 e. The van der Waals surface area contributed by atoms with Crippen LogP contribution < -0.4 is 20.5 Å². The molecule has 140 valence electrons. The molecule has 2 rings (SSSR count). The van der Waals surface area contributed by atoms with Gasteiger partial charge in [0.1, 0.15) is 0 Å². The molecule has 0 aliphatic carbocycles. The van der Waals surface area contributed by atoms with Gasteiger partial charge in [-0.25, -0.2) is 0 Å². The number of hydrogen-bond donors (Lipinski definition) is 2. The van der Waals surface area contributed by atoms with Crippen molar-refractivity contribution in [3.8, 4) is 11.5 Å². The molecule has 0 saturated carbocycles. The monoisotopic (exact) mass is 356 g/mol. The van der Waals surface area contributed by atoms with Gasteiger partial charge in [0.05, 0.1) is 6.61 Å². The van der Waals surface area contributed by atoms with Gasteiger partial charge in [-0.1, -0.05) is 50.2 Å². The second-order valence-corrected chi connectivity index (χ2v) is 6.40. The van der Waals surface area contributed by atoms with E-state index in [-0.39, 0.29) is 18.6 Å². The van der Waals surface area contributed by atoms with Gasteiger partial charge in [-0.05, 0) is 36.1 Å². The summed E-state index contributed by atoms with van der Waals surface area (Å²) in [6.45, 7) is 7.02. The lowest BCUT2D eigenvalue weighted by atomic mass is 9.99. The van der Waals surface area contributed by atoms with Crippen molar-refractivity contribution in [2.75, 3.05) is 19.8 Å². The molecule has 0 spiro atoms. The quantitative estimate of drug-likeness (QED) is 0.722. The van der Waals surface area contributed by atoms with Crippen molar-refractivity contribution in [2.24, 2.45) is 5.73 Å². The van der Waals surface area contributed by atoms with Crippen LogP contribution in [0.15, 0.2) is 48.5 Å². The van der Waals surface area contributed by atoms with Gasteiger partial charge >= 0.3 is 0 Å². The highest BCUT2D eigenvalue weighted by Gasteiger charge is 2.11. The third-order valence-corrected chi connectivity index (χ3v) is 4.06. The van der Waals surface area contributed by atoms with E-state index in [0.29, 0.717) is 30.6 Å². The molecule has 1 atom stereocenters. The van der Waals surface area contributed by atoms with E-state index in [2.05, 4.69) is 31.3 Å². The van der Waals surface area contributed by atoms with Crippen molar-refractivity contribution in [1.29, 1.82) is 0 Å². The van der Waals surface area contributed by atoms with Crippen molar-refractivity contribution < 1.29 is 14.3 Å². The van der Waals surface area contributed by atoms with Gasteiger partial charge in [0, 0.05) is 12.6 Å². The number of ether oxygens (including phenoxy) is 2. The molecule has 0 radical (unpaired) electrons. The Morgan fingerprint density at radius 1 is 1.00 bits per heavy atom. The molecule has 5 nitrogen and oxygen atoms in total. The van der Waals surface area contributed by atoms with Crippen molar-refractivity contribution >= 4 is 5.91 Å². The van der Waals surface area contributed by atoms with Crippen molar-refractivity contribution in [2.45, 2.75) is 32.7 Å². The standard InChI is InChI=1S/C21H28N2O3/c1-4-25-19-7-5-6-8-20(19)26-14-21(24)23-13-18(22)17-11-9-16(10-12-17)15(2)3/h5-12,15,18H,4,13-14,22H2,1-3H3,(H,23,24). The van der Waals surface area contributed by atoms with Crippen LogP contribution in [0.1, 0.15) is 43.9 Å². The number of para-hydroxylation sites is 2. The molecule has 0 saturated heterocycles. The summed E-state index contributed by atoms with van der Waals surface area (Å²) in [5, 5.41) is 2.81. The number of rotatable bonds is 9. The Kier molecular flexibility index (Phi) is 7.48. The summed E-state index contributed by atoms with van der Waals surface area (Å²) in [5.74, 6) is 1.45. The fourth-order valence-corrected chi connectivity index (χ4v) is 2.51. The fraction of sp³-hybridized carbons (Fsp3) is 0.381. The van der Waals surface area contributed by atoms with Gasteiger partial charge in [-0.15, -0.1) is 0 Å². The van der Waals surface area contributed by atoms with E-state index in [9.17, 15) is 4.79 Å². The van der Waals surface area contributed by atoms with Crippen LogP contribution in [-0.4, -0.2) is 25.7 Å². The van der Waals surface area contributed by atoms with Crippen LogP contribution in [-0.2, 0) is 4.79 Å². The Bertz CT molecular complexity index is 699. The molecule has 0 aliphatic rings. The zero-order valence-electron chi connectivity index (χ0n) is 15.7. The van der Waals surface area contributed by atoms with E-state index in [1.807, 2.05) is 37.3 Å². The number of benzene rings is 2. The van der Waals surface area contributed by atoms with E-state index >= 15 is 0 Å². The molecule has 0 bridgehead atoms. The van der Waals surface area contributed by atoms with Gasteiger partial charge in [0.2, 0.25) is 0 Å². The lowest BCUT2D eigenvalue weighted by Crippen LogP contribution is -2.35. The van der Waals surface area contributed by atoms with Crippen LogP contribution in [0.25, 0.3) is 0 Å². The SMILES string of the molecule is CCOc1ccccc1OCC(=O)NCC(N)c1ccc(C(C)C)cc1. The average molecular weight is 356 g/mol. The number of nitrogens with two attached hydrogens (primary N) is 1. The number of hydrogen-bond acceptors (Lipinski definition) is 4. The highest BCUT2D eigenvalue weighted by atomic mass is 16.5. The first-order chi connectivity index (χ1) is 12.5. The van der Waals surface area contributed by atoms with Gasteiger partial charge in [-0.3, -0.25) is 4.79 Å². The molecule has 0 aromatic heterocycles. The van der Waals surface area contributed by atoms with E-state index < -0.39 is 0 Å². The second kappa shape index (κ2) is 9.82. The van der Waals surface area contributed by atoms with Crippen LogP contribution in [0.2, 0.25) is 0 Å². The molecule has 1 amide bonds. The summed E-state index contributed by atoms with van der Waals surface area (Å²) in [4.78, 5) is 12.0. The lowest BCUT2D eigenvalue weighted by molar-refractivity contribution is -0.123. The van der Waals surface area contributed by atoms with E-state index in [4.69, 9.17) is 15.2 Å². The van der Waals surface area contributed by atoms with Crippen LogP contribution >= 0.6 is 0 Å². The van der Waals surface area contributed by atoms with Gasteiger partial charge in [0.15, 0.2) is 18.1 Å². The van der Waals surface area contributed by atoms with Gasteiger partial charge < -0.3 is 20.5 Å². The molecule has 2 aromatic rings. The van der Waals surface area contributed by atoms with Crippen LogP contribution in [0, 0.1) is 0 Å². The zero-order chi connectivity index (χ0) is 18.9. The molecular formula is C21H28N2O3. The molecule has 0 heterocycles. The normalized spacial score (nSPS) is 11.9. The third-order valence-electron chi connectivity index (χ3n) is 4.06. The molecule has 26 heavy (non-hydrogen) atoms. The molecule has 0 fully saturated rings. The van der Waals surface area contributed by atoms with Crippen molar-refractivity contribution in [3.63, 3.8) is 0 Å². The summed E-state index contributed by atoms with van der Waals surface area (Å²) in [6, 6.07) is 15.2. The average Bonchev–Trinajstić information content (AvgIpc) is 2.65. The first-order valence-corrected chi connectivity index (χ1v) is 8.98. The smallest absolute Gasteiger partial charge is 0.258 e. The maximum absolute atomic E-state index is 12.0. The first kappa shape index (κ1) is 19.8. The summed E-state index contributed by atoms with van der Waals surface area (Å²) in [7, 11) is 0. The van der Waals surface area contributed by atoms with E-state index in [1.54, 1.807) is 6.07 Å². The predicted molar refractivity (Wildman–Crippen MR) is 104 cm³/mol. The Morgan fingerprint density at radius 3 is 2.15 bits per heavy atom. The molecule has 3 N–H and O–H groups in total. The van der Waals surface area contributed by atoms with Crippen molar-refractivity contribution in [1.82, 2.24) is 5.32 Å². The van der Waals surface area contributed by atoms with Gasteiger partial charge in [0.25, 0.3) is 5.91 Å². The number of carbonyl (C=O) groups is 1. The molecular weight excluding hydrogens is 328 g/mol. The Morgan fingerprint density at radius 2 is 1.58 bits per heavy atom. The Labute approximate surface area is 155 Å². The number of nitrogens with one attached hydrogen (secondary N) is 1. The Balaban J connectivity index is 1.81. The molecule has 5 heteroatoms. The first-order valence-electron chi connectivity index (χ1n) is 8.98. The van der Waals surface area contributed by atoms with Crippen molar-refractivity contribution in [3.05, 3.63) is 59.7 Å². The summed E-state index contributed by atoms with van der Waals surface area (Å²) in [6.07, 6.45) is 0. The summed E-state index contributed by atoms with van der Waals surface area (Å²) < 4.78 is 11.0. The fourth-order valence-electron chi connectivity index (χ4n) is 2.51.